The average Bonchev–Trinajstić information content (AvgIpc) is 3.06. The summed E-state index contributed by atoms with van der Waals surface area (Å²) in [4.78, 5) is 16.0. The fourth-order valence-corrected chi connectivity index (χ4v) is 2.64. The lowest BCUT2D eigenvalue weighted by molar-refractivity contribution is -0.116. The Bertz CT molecular complexity index is 891. The van der Waals surface area contributed by atoms with Crippen molar-refractivity contribution in [2.24, 2.45) is 0 Å². The van der Waals surface area contributed by atoms with Gasteiger partial charge in [-0.25, -0.2) is 13.8 Å². The first-order chi connectivity index (χ1) is 12.0. The van der Waals surface area contributed by atoms with Gasteiger partial charge in [0.15, 0.2) is 11.7 Å². The maximum atomic E-state index is 13.5. The van der Waals surface area contributed by atoms with E-state index in [0.29, 0.717) is 11.7 Å². The van der Waals surface area contributed by atoms with Gasteiger partial charge in [0.25, 0.3) is 0 Å². The fraction of sp³-hybridized carbons (Fsp3) is 0.111. The highest BCUT2D eigenvalue weighted by atomic mass is 79.9. The molecule has 0 aliphatic heterocycles. The number of aryl methyl sites for hydroxylation is 1. The number of hydrogen-bond donors (Lipinski definition) is 1. The highest BCUT2D eigenvalue weighted by Crippen LogP contribution is 2.24. The van der Waals surface area contributed by atoms with Gasteiger partial charge in [-0.2, -0.15) is 0 Å². The monoisotopic (exact) mass is 406 g/mol. The maximum absolute atomic E-state index is 13.5. The van der Waals surface area contributed by atoms with Crippen molar-refractivity contribution in [3.63, 3.8) is 0 Å². The Labute approximate surface area is 151 Å². The molecule has 0 radical (unpaired) electrons. The summed E-state index contributed by atoms with van der Waals surface area (Å²) in [5.41, 5.74) is 0.403. The summed E-state index contributed by atoms with van der Waals surface area (Å²) in [5.74, 6) is -1.20. The first-order valence-electron chi connectivity index (χ1n) is 7.47. The van der Waals surface area contributed by atoms with Crippen LogP contribution in [0, 0.1) is 11.6 Å². The summed E-state index contributed by atoms with van der Waals surface area (Å²) in [6.45, 7) is 0. The van der Waals surface area contributed by atoms with Crippen molar-refractivity contribution in [1.82, 2.24) is 4.98 Å². The molecule has 25 heavy (non-hydrogen) atoms. The van der Waals surface area contributed by atoms with E-state index in [4.69, 9.17) is 4.42 Å². The van der Waals surface area contributed by atoms with Crippen molar-refractivity contribution in [1.29, 1.82) is 0 Å². The van der Waals surface area contributed by atoms with Crippen LogP contribution in [0.1, 0.15) is 12.3 Å². The van der Waals surface area contributed by atoms with Gasteiger partial charge >= 0.3 is 0 Å². The topological polar surface area (TPSA) is 55.1 Å². The lowest BCUT2D eigenvalue weighted by Crippen LogP contribution is -2.14. The normalized spacial score (nSPS) is 10.7. The highest BCUT2D eigenvalue weighted by molar-refractivity contribution is 9.10. The molecule has 0 atom stereocenters. The van der Waals surface area contributed by atoms with Gasteiger partial charge in [0.1, 0.15) is 17.3 Å². The third-order valence-corrected chi connectivity index (χ3v) is 3.95. The number of amides is 1. The number of hydrogen-bond acceptors (Lipinski definition) is 3. The summed E-state index contributed by atoms with van der Waals surface area (Å²) in [6, 6.07) is 10.9. The van der Waals surface area contributed by atoms with Crippen molar-refractivity contribution in [2.45, 2.75) is 12.8 Å². The van der Waals surface area contributed by atoms with Gasteiger partial charge in [-0.05, 0) is 24.3 Å². The Morgan fingerprint density at radius 1 is 1.16 bits per heavy atom. The van der Waals surface area contributed by atoms with Crippen molar-refractivity contribution in [3.8, 4) is 11.3 Å². The molecule has 3 aromatic rings. The molecule has 3 rings (SSSR count). The first kappa shape index (κ1) is 17.3. The molecule has 0 bridgehead atoms. The highest BCUT2D eigenvalue weighted by Gasteiger charge is 2.13. The van der Waals surface area contributed by atoms with E-state index in [1.807, 2.05) is 24.3 Å². The third kappa shape index (κ3) is 4.30. The minimum Gasteiger partial charge on any atom is -0.441 e. The molecule has 0 aliphatic rings. The van der Waals surface area contributed by atoms with E-state index >= 15 is 0 Å². The van der Waals surface area contributed by atoms with E-state index in [0.717, 1.165) is 22.2 Å². The summed E-state index contributed by atoms with van der Waals surface area (Å²) in [7, 11) is 0. The average molecular weight is 407 g/mol. The number of nitrogens with zero attached hydrogens (tertiary/aromatic N) is 1. The molecular weight excluding hydrogens is 394 g/mol. The number of halogens is 3. The summed E-state index contributed by atoms with van der Waals surface area (Å²) in [5, 5.41) is 2.23. The van der Waals surface area contributed by atoms with Gasteiger partial charge in [0.2, 0.25) is 5.91 Å². The number of aromatic nitrogens is 1. The summed E-state index contributed by atoms with van der Waals surface area (Å²) in [6.07, 6.45) is 1.79. The number of nitrogens with one attached hydrogen (secondary N) is 1. The van der Waals surface area contributed by atoms with Gasteiger partial charge in [-0.1, -0.05) is 34.1 Å². The first-order valence-corrected chi connectivity index (χ1v) is 8.27. The molecule has 1 amide bonds. The summed E-state index contributed by atoms with van der Waals surface area (Å²) >= 11 is 3.38. The Morgan fingerprint density at radius 3 is 2.60 bits per heavy atom. The SMILES string of the molecule is O=C(CCc1ncc(-c2cccc(Br)c2)o1)Nc1c(F)cccc1F. The number of anilines is 1. The fourth-order valence-electron chi connectivity index (χ4n) is 2.24. The molecule has 4 nitrogen and oxygen atoms in total. The van der Waals surface area contributed by atoms with Gasteiger partial charge in [0.05, 0.1) is 6.20 Å². The zero-order valence-corrected chi connectivity index (χ0v) is 14.5. The van der Waals surface area contributed by atoms with E-state index in [2.05, 4.69) is 26.2 Å². The Balaban J connectivity index is 1.61. The second-order valence-corrected chi connectivity index (χ2v) is 6.19. The molecule has 0 aliphatic carbocycles. The van der Waals surface area contributed by atoms with Crippen molar-refractivity contribution in [3.05, 3.63) is 70.7 Å². The lowest BCUT2D eigenvalue weighted by atomic mass is 10.2. The minimum atomic E-state index is -0.818. The maximum Gasteiger partial charge on any atom is 0.225 e. The molecule has 2 aromatic carbocycles. The second-order valence-electron chi connectivity index (χ2n) is 5.27. The quantitative estimate of drug-likeness (QED) is 0.651. The largest absolute Gasteiger partial charge is 0.441 e. The van der Waals surface area contributed by atoms with Crippen LogP contribution in [0.15, 0.2) is 57.6 Å². The Morgan fingerprint density at radius 2 is 1.88 bits per heavy atom. The third-order valence-electron chi connectivity index (χ3n) is 3.46. The molecule has 128 valence electrons. The molecule has 1 heterocycles. The molecule has 1 N–H and O–H groups in total. The van der Waals surface area contributed by atoms with Crippen LogP contribution in [0.5, 0.6) is 0 Å². The second kappa shape index (κ2) is 7.57. The molecular formula is C18H13BrF2N2O2. The van der Waals surface area contributed by atoms with Crippen LogP contribution < -0.4 is 5.32 Å². The molecule has 1 aromatic heterocycles. The van der Waals surface area contributed by atoms with E-state index in [9.17, 15) is 13.6 Å². The molecule has 0 unspecified atom stereocenters. The zero-order chi connectivity index (χ0) is 17.8. The van der Waals surface area contributed by atoms with Crippen molar-refractivity contribution < 1.29 is 18.0 Å². The van der Waals surface area contributed by atoms with E-state index in [1.165, 1.54) is 6.07 Å². The molecule has 0 saturated carbocycles. The smallest absolute Gasteiger partial charge is 0.225 e. The number of rotatable bonds is 5. The Hall–Kier alpha value is -2.54. The van der Waals surface area contributed by atoms with Crippen LogP contribution >= 0.6 is 15.9 Å². The van der Waals surface area contributed by atoms with Crippen LogP contribution in [0.4, 0.5) is 14.5 Å². The predicted octanol–water partition coefficient (Wildman–Crippen LogP) is 4.95. The van der Waals surface area contributed by atoms with Crippen LogP contribution in [-0.2, 0) is 11.2 Å². The van der Waals surface area contributed by atoms with Crippen molar-refractivity contribution in [2.75, 3.05) is 5.32 Å². The van der Waals surface area contributed by atoms with E-state index < -0.39 is 23.2 Å². The van der Waals surface area contributed by atoms with Gasteiger partial charge in [0, 0.05) is 22.9 Å². The molecule has 0 fully saturated rings. The molecule has 0 saturated heterocycles. The van der Waals surface area contributed by atoms with Crippen LogP contribution in [0.2, 0.25) is 0 Å². The zero-order valence-electron chi connectivity index (χ0n) is 12.9. The lowest BCUT2D eigenvalue weighted by Gasteiger charge is -2.06. The van der Waals surface area contributed by atoms with Crippen LogP contribution in [0.25, 0.3) is 11.3 Å². The van der Waals surface area contributed by atoms with Gasteiger partial charge < -0.3 is 9.73 Å². The van der Waals surface area contributed by atoms with E-state index in [1.54, 1.807) is 6.20 Å². The molecule has 7 heteroatoms. The standard InChI is InChI=1S/C18H13BrF2N2O2/c19-12-4-1-3-11(9-12)15-10-22-17(25-15)8-7-16(24)23-18-13(20)5-2-6-14(18)21/h1-6,9-10H,7-8H2,(H,23,24). The van der Waals surface area contributed by atoms with Crippen LogP contribution in [-0.4, -0.2) is 10.9 Å². The Kier molecular flexibility index (Phi) is 5.23. The number of oxazole rings is 1. The molecule has 0 spiro atoms. The van der Waals surface area contributed by atoms with E-state index in [-0.39, 0.29) is 12.8 Å². The van der Waals surface area contributed by atoms with Crippen molar-refractivity contribution >= 4 is 27.5 Å². The number of benzene rings is 2. The number of carbonyl (C=O) groups is 1. The minimum absolute atomic E-state index is 0.00773. The number of carbonyl (C=O) groups excluding carboxylic acids is 1. The van der Waals surface area contributed by atoms with Gasteiger partial charge in [-0.15, -0.1) is 0 Å². The number of para-hydroxylation sites is 1. The van der Waals surface area contributed by atoms with Crippen LogP contribution in [0.3, 0.4) is 0 Å². The van der Waals surface area contributed by atoms with Gasteiger partial charge in [-0.3, -0.25) is 4.79 Å². The summed E-state index contributed by atoms with van der Waals surface area (Å²) < 4.78 is 33.5. The predicted molar refractivity (Wildman–Crippen MR) is 92.9 cm³/mol.